The summed E-state index contributed by atoms with van der Waals surface area (Å²) < 4.78 is 13.3. The van der Waals surface area contributed by atoms with Crippen LogP contribution in [0.3, 0.4) is 0 Å². The molecule has 6 heteroatoms. The predicted molar refractivity (Wildman–Crippen MR) is 81.5 cm³/mol. The summed E-state index contributed by atoms with van der Waals surface area (Å²) >= 11 is 1.60. The van der Waals surface area contributed by atoms with Crippen molar-refractivity contribution >= 4 is 23.0 Å². The van der Waals surface area contributed by atoms with Crippen LogP contribution in [0, 0.1) is 5.82 Å². The standard InChI is InChI=1S/C15H17FN2O2S/c1-15(2,3)14-18-10(8-21-14)7-17-9-4-5-12(16)11(6-9)13(19)20/h4-6,8,17H,7H2,1-3H3,(H,19,20). The number of carboxylic acid groups (broad SMARTS) is 1. The number of anilines is 1. The third-order valence-corrected chi connectivity index (χ3v) is 4.18. The molecule has 0 radical (unpaired) electrons. The van der Waals surface area contributed by atoms with Gasteiger partial charge in [0.15, 0.2) is 0 Å². The summed E-state index contributed by atoms with van der Waals surface area (Å²) in [5.41, 5.74) is 1.11. The average molecular weight is 308 g/mol. The van der Waals surface area contributed by atoms with Crippen molar-refractivity contribution in [3.63, 3.8) is 0 Å². The summed E-state index contributed by atoms with van der Waals surface area (Å²) in [4.78, 5) is 15.4. The maximum Gasteiger partial charge on any atom is 0.338 e. The normalized spacial score (nSPS) is 11.4. The van der Waals surface area contributed by atoms with Crippen molar-refractivity contribution in [2.75, 3.05) is 5.32 Å². The third kappa shape index (κ3) is 3.78. The lowest BCUT2D eigenvalue weighted by molar-refractivity contribution is 0.0692. The first-order valence-corrected chi connectivity index (χ1v) is 7.37. The first kappa shape index (κ1) is 15.4. The molecule has 0 aliphatic carbocycles. The fourth-order valence-electron chi connectivity index (χ4n) is 1.72. The number of hydrogen-bond donors (Lipinski definition) is 2. The van der Waals surface area contributed by atoms with Gasteiger partial charge in [-0.05, 0) is 18.2 Å². The van der Waals surface area contributed by atoms with Crippen LogP contribution in [0.5, 0.6) is 0 Å². The molecule has 0 bridgehead atoms. The van der Waals surface area contributed by atoms with Gasteiger partial charge in [0, 0.05) is 16.5 Å². The molecule has 0 aliphatic rings. The highest BCUT2D eigenvalue weighted by Crippen LogP contribution is 2.26. The Bertz CT molecular complexity index is 662. The van der Waals surface area contributed by atoms with Crippen molar-refractivity contribution < 1.29 is 14.3 Å². The van der Waals surface area contributed by atoms with Crippen LogP contribution in [0.2, 0.25) is 0 Å². The Morgan fingerprint density at radius 3 is 2.71 bits per heavy atom. The van der Waals surface area contributed by atoms with Crippen LogP contribution in [-0.4, -0.2) is 16.1 Å². The van der Waals surface area contributed by atoms with E-state index >= 15 is 0 Å². The van der Waals surface area contributed by atoms with Gasteiger partial charge >= 0.3 is 5.97 Å². The van der Waals surface area contributed by atoms with E-state index in [-0.39, 0.29) is 11.0 Å². The molecule has 1 aromatic carbocycles. The van der Waals surface area contributed by atoms with Gasteiger partial charge in [0.2, 0.25) is 0 Å². The summed E-state index contributed by atoms with van der Waals surface area (Å²) in [5, 5.41) is 15.0. The Hall–Kier alpha value is -1.95. The molecule has 21 heavy (non-hydrogen) atoms. The van der Waals surface area contributed by atoms with Crippen LogP contribution >= 0.6 is 11.3 Å². The van der Waals surface area contributed by atoms with E-state index in [1.165, 1.54) is 12.1 Å². The highest BCUT2D eigenvalue weighted by Gasteiger charge is 2.18. The maximum atomic E-state index is 13.3. The minimum absolute atomic E-state index is 0.00920. The molecule has 2 N–H and O–H groups in total. The van der Waals surface area contributed by atoms with Gasteiger partial charge < -0.3 is 10.4 Å². The van der Waals surface area contributed by atoms with Gasteiger partial charge in [0.1, 0.15) is 5.82 Å². The van der Waals surface area contributed by atoms with Crippen molar-refractivity contribution in [3.8, 4) is 0 Å². The number of nitrogens with zero attached hydrogens (tertiary/aromatic N) is 1. The van der Waals surface area contributed by atoms with Crippen LogP contribution in [0.15, 0.2) is 23.6 Å². The zero-order valence-corrected chi connectivity index (χ0v) is 12.9. The topological polar surface area (TPSA) is 62.2 Å². The van der Waals surface area contributed by atoms with E-state index in [0.717, 1.165) is 16.8 Å². The maximum absolute atomic E-state index is 13.3. The molecule has 2 aromatic rings. The van der Waals surface area contributed by atoms with E-state index in [0.29, 0.717) is 12.2 Å². The third-order valence-electron chi connectivity index (χ3n) is 2.86. The molecule has 0 saturated heterocycles. The number of benzene rings is 1. The molecule has 0 unspecified atom stereocenters. The van der Waals surface area contributed by atoms with Gasteiger partial charge in [-0.15, -0.1) is 11.3 Å². The van der Waals surface area contributed by atoms with Crippen molar-refractivity contribution in [2.45, 2.75) is 32.7 Å². The molecule has 1 heterocycles. The molecule has 0 spiro atoms. The molecule has 0 fully saturated rings. The number of thiazole rings is 1. The Balaban J connectivity index is 2.08. The summed E-state index contributed by atoms with van der Waals surface area (Å²) in [7, 11) is 0. The number of halogens is 1. The van der Waals surface area contributed by atoms with Crippen LogP contribution in [0.25, 0.3) is 0 Å². The minimum atomic E-state index is -1.28. The van der Waals surface area contributed by atoms with Crippen LogP contribution in [0.1, 0.15) is 41.8 Å². The van der Waals surface area contributed by atoms with Gasteiger partial charge in [0.25, 0.3) is 0 Å². The number of aromatic nitrogens is 1. The molecule has 0 atom stereocenters. The SMILES string of the molecule is CC(C)(C)c1nc(CNc2ccc(F)c(C(=O)O)c2)cs1. The number of carboxylic acids is 1. The lowest BCUT2D eigenvalue weighted by Gasteiger charge is -2.13. The van der Waals surface area contributed by atoms with Crippen molar-refractivity contribution in [3.05, 3.63) is 45.7 Å². The molecular weight excluding hydrogens is 291 g/mol. The lowest BCUT2D eigenvalue weighted by Crippen LogP contribution is -2.11. The van der Waals surface area contributed by atoms with Gasteiger partial charge in [-0.25, -0.2) is 14.2 Å². The summed E-state index contributed by atoms with van der Waals surface area (Å²) in [6, 6.07) is 3.95. The predicted octanol–water partition coefficient (Wildman–Crippen LogP) is 3.89. The lowest BCUT2D eigenvalue weighted by atomic mass is 9.98. The number of aromatic carboxylic acids is 1. The van der Waals surface area contributed by atoms with Crippen molar-refractivity contribution in [2.24, 2.45) is 0 Å². The first-order chi connectivity index (χ1) is 9.77. The van der Waals surface area contributed by atoms with Gasteiger partial charge in [-0.2, -0.15) is 0 Å². The van der Waals surface area contributed by atoms with E-state index < -0.39 is 11.8 Å². The Kier molecular flexibility index (Phi) is 4.27. The smallest absolute Gasteiger partial charge is 0.338 e. The molecule has 4 nitrogen and oxygen atoms in total. The molecule has 0 aliphatic heterocycles. The summed E-state index contributed by atoms with van der Waals surface area (Å²) in [6.45, 7) is 6.77. The van der Waals surface area contributed by atoms with E-state index in [1.807, 2.05) is 5.38 Å². The highest BCUT2D eigenvalue weighted by atomic mass is 32.1. The zero-order valence-electron chi connectivity index (χ0n) is 12.1. The van der Waals surface area contributed by atoms with E-state index in [4.69, 9.17) is 5.11 Å². The number of nitrogens with one attached hydrogen (secondary N) is 1. The monoisotopic (exact) mass is 308 g/mol. The number of hydrogen-bond acceptors (Lipinski definition) is 4. The van der Waals surface area contributed by atoms with Crippen LogP contribution in [-0.2, 0) is 12.0 Å². The first-order valence-electron chi connectivity index (χ1n) is 6.49. The van der Waals surface area contributed by atoms with Gasteiger partial charge in [-0.1, -0.05) is 20.8 Å². The average Bonchev–Trinajstić information content (AvgIpc) is 2.86. The largest absolute Gasteiger partial charge is 0.478 e. The van der Waals surface area contributed by atoms with E-state index in [9.17, 15) is 9.18 Å². The fourth-order valence-corrected chi connectivity index (χ4v) is 2.63. The Labute approximate surface area is 126 Å². The summed E-state index contributed by atoms with van der Waals surface area (Å²) in [5.74, 6) is -2.02. The second-order valence-corrected chi connectivity index (χ2v) is 6.61. The van der Waals surface area contributed by atoms with Crippen LogP contribution < -0.4 is 5.32 Å². The van der Waals surface area contributed by atoms with Crippen molar-refractivity contribution in [1.29, 1.82) is 0 Å². The van der Waals surface area contributed by atoms with Crippen LogP contribution in [0.4, 0.5) is 10.1 Å². The molecule has 0 amide bonds. The second-order valence-electron chi connectivity index (χ2n) is 5.75. The molecule has 112 valence electrons. The van der Waals surface area contributed by atoms with Gasteiger partial charge in [0.05, 0.1) is 22.8 Å². The van der Waals surface area contributed by atoms with Gasteiger partial charge in [-0.3, -0.25) is 0 Å². The van der Waals surface area contributed by atoms with E-state index in [2.05, 4.69) is 31.1 Å². The fraction of sp³-hybridized carbons (Fsp3) is 0.333. The number of rotatable bonds is 4. The highest BCUT2D eigenvalue weighted by molar-refractivity contribution is 7.09. The quantitative estimate of drug-likeness (QED) is 0.899. The molecule has 1 aromatic heterocycles. The minimum Gasteiger partial charge on any atom is -0.478 e. The molecule has 0 saturated carbocycles. The molecule has 2 rings (SSSR count). The summed E-state index contributed by atoms with van der Waals surface area (Å²) in [6.07, 6.45) is 0. The second kappa shape index (κ2) is 5.81. The Morgan fingerprint density at radius 1 is 1.43 bits per heavy atom. The van der Waals surface area contributed by atoms with E-state index in [1.54, 1.807) is 11.3 Å². The zero-order chi connectivity index (χ0) is 15.6. The number of carbonyl (C=O) groups is 1. The Morgan fingerprint density at radius 2 is 2.14 bits per heavy atom. The molecular formula is C15H17FN2O2S. The van der Waals surface area contributed by atoms with Crippen molar-refractivity contribution in [1.82, 2.24) is 4.98 Å².